The van der Waals surface area contributed by atoms with E-state index in [1.165, 1.54) is 5.48 Å². The molecule has 0 aliphatic carbocycles. The number of hydroxylamine groups is 1. The van der Waals surface area contributed by atoms with Crippen molar-refractivity contribution in [2.45, 2.75) is 12.5 Å². The first-order chi connectivity index (χ1) is 11.1. The Morgan fingerprint density at radius 3 is 2.17 bits per heavy atom. The van der Waals surface area contributed by atoms with Crippen LogP contribution in [-0.2, 0) is 16.0 Å². The third-order valence-corrected chi connectivity index (χ3v) is 3.74. The van der Waals surface area contributed by atoms with E-state index >= 15 is 0 Å². The molecular formula is C17H18N2O3S. The molecule has 0 bridgehead atoms. The van der Waals surface area contributed by atoms with E-state index in [2.05, 4.69) is 17.9 Å². The maximum Gasteiger partial charge on any atom is 0.266 e. The molecule has 0 spiro atoms. The van der Waals surface area contributed by atoms with Crippen LogP contribution >= 0.6 is 12.6 Å². The van der Waals surface area contributed by atoms with Crippen LogP contribution in [0.1, 0.15) is 5.56 Å². The van der Waals surface area contributed by atoms with Gasteiger partial charge < -0.3 is 5.32 Å². The molecule has 0 aromatic heterocycles. The maximum atomic E-state index is 12.0. The molecule has 5 nitrogen and oxygen atoms in total. The molecule has 0 unspecified atom stereocenters. The molecule has 0 saturated carbocycles. The van der Waals surface area contributed by atoms with Crippen molar-refractivity contribution in [3.05, 3.63) is 60.2 Å². The van der Waals surface area contributed by atoms with Crippen LogP contribution in [0.4, 0.5) is 0 Å². The number of carbonyl (C=O) groups is 2. The van der Waals surface area contributed by atoms with Crippen LogP contribution in [-0.4, -0.2) is 28.8 Å². The smallest absolute Gasteiger partial charge is 0.266 e. The molecule has 0 aliphatic rings. The summed E-state index contributed by atoms with van der Waals surface area (Å²) in [6.45, 7) is 0. The molecule has 0 heterocycles. The van der Waals surface area contributed by atoms with Crippen LogP contribution in [0.3, 0.4) is 0 Å². The van der Waals surface area contributed by atoms with Gasteiger partial charge in [0, 0.05) is 5.75 Å². The fraction of sp³-hybridized carbons (Fsp3) is 0.176. The topological polar surface area (TPSA) is 78.4 Å². The second-order valence-corrected chi connectivity index (χ2v) is 5.38. The summed E-state index contributed by atoms with van der Waals surface area (Å²) in [5.41, 5.74) is 4.53. The Morgan fingerprint density at radius 2 is 1.61 bits per heavy atom. The first-order valence-corrected chi connectivity index (χ1v) is 7.76. The fourth-order valence-corrected chi connectivity index (χ4v) is 2.41. The molecule has 0 fully saturated rings. The molecule has 0 saturated heterocycles. The van der Waals surface area contributed by atoms with E-state index in [4.69, 9.17) is 5.21 Å². The van der Waals surface area contributed by atoms with Crippen molar-refractivity contribution < 1.29 is 14.8 Å². The number of rotatable bonds is 6. The minimum absolute atomic E-state index is 0.102. The van der Waals surface area contributed by atoms with Gasteiger partial charge in [0.05, 0.1) is 6.42 Å². The van der Waals surface area contributed by atoms with E-state index in [1.54, 1.807) is 0 Å². The van der Waals surface area contributed by atoms with Gasteiger partial charge in [-0.2, -0.15) is 12.6 Å². The Balaban J connectivity index is 1.98. The van der Waals surface area contributed by atoms with E-state index < -0.39 is 11.9 Å². The van der Waals surface area contributed by atoms with Crippen LogP contribution in [0.15, 0.2) is 54.6 Å². The first-order valence-electron chi connectivity index (χ1n) is 7.12. The Labute approximate surface area is 140 Å². The minimum Gasteiger partial charge on any atom is -0.343 e. The van der Waals surface area contributed by atoms with E-state index in [0.29, 0.717) is 0 Å². The summed E-state index contributed by atoms with van der Waals surface area (Å²) in [7, 11) is 0. The third-order valence-electron chi connectivity index (χ3n) is 3.37. The largest absolute Gasteiger partial charge is 0.343 e. The standard InChI is InChI=1S/C17H18N2O3S/c20-16(18-15(11-23)17(21)19-22)10-12-6-8-14(9-7-12)13-4-2-1-3-5-13/h1-9,15,22-23H,10-11H2,(H,18,20)(H,19,21)/t15-/m0/s1. The van der Waals surface area contributed by atoms with Crippen molar-refractivity contribution in [1.29, 1.82) is 0 Å². The lowest BCUT2D eigenvalue weighted by atomic mass is 10.0. The summed E-state index contributed by atoms with van der Waals surface area (Å²) in [4.78, 5) is 23.3. The second-order valence-electron chi connectivity index (χ2n) is 5.02. The number of carbonyl (C=O) groups excluding carboxylic acids is 2. The number of hydrogen-bond donors (Lipinski definition) is 4. The average molecular weight is 330 g/mol. The number of thiol groups is 1. The van der Waals surface area contributed by atoms with Gasteiger partial charge in [0.25, 0.3) is 5.91 Å². The summed E-state index contributed by atoms with van der Waals surface area (Å²) in [5, 5.41) is 11.1. The van der Waals surface area contributed by atoms with Gasteiger partial charge in [0.2, 0.25) is 5.91 Å². The zero-order valence-electron chi connectivity index (χ0n) is 12.4. The predicted molar refractivity (Wildman–Crippen MR) is 91.3 cm³/mol. The zero-order valence-corrected chi connectivity index (χ0v) is 13.3. The number of amides is 2. The van der Waals surface area contributed by atoms with Crippen LogP contribution < -0.4 is 10.8 Å². The quantitative estimate of drug-likeness (QED) is 0.371. The van der Waals surface area contributed by atoms with Gasteiger partial charge in [-0.3, -0.25) is 14.8 Å². The highest BCUT2D eigenvalue weighted by molar-refractivity contribution is 7.80. The van der Waals surface area contributed by atoms with Crippen molar-refractivity contribution >= 4 is 24.4 Å². The summed E-state index contributed by atoms with van der Waals surface area (Å²) in [6.07, 6.45) is 0.151. The normalized spacial score (nSPS) is 11.6. The van der Waals surface area contributed by atoms with E-state index in [0.717, 1.165) is 16.7 Å². The fourth-order valence-electron chi connectivity index (χ4n) is 2.15. The molecule has 2 rings (SSSR count). The van der Waals surface area contributed by atoms with Crippen molar-refractivity contribution in [3.8, 4) is 11.1 Å². The lowest BCUT2D eigenvalue weighted by Crippen LogP contribution is -2.47. The number of benzene rings is 2. The third kappa shape index (κ3) is 4.84. The molecule has 120 valence electrons. The predicted octanol–water partition coefficient (Wildman–Crippen LogP) is 1.82. The summed E-state index contributed by atoms with van der Waals surface area (Å²) >= 11 is 3.98. The number of hydrogen-bond acceptors (Lipinski definition) is 4. The van der Waals surface area contributed by atoms with Gasteiger partial charge in [-0.25, -0.2) is 5.48 Å². The molecule has 2 aromatic carbocycles. The first kappa shape index (κ1) is 17.1. The Morgan fingerprint density at radius 1 is 1.00 bits per heavy atom. The zero-order chi connectivity index (χ0) is 16.7. The summed E-state index contributed by atoms with van der Waals surface area (Å²) in [5.74, 6) is -0.890. The highest BCUT2D eigenvalue weighted by Gasteiger charge is 2.18. The van der Waals surface area contributed by atoms with Gasteiger partial charge in [0.1, 0.15) is 6.04 Å². The Hall–Kier alpha value is -2.31. The average Bonchev–Trinajstić information content (AvgIpc) is 2.60. The van der Waals surface area contributed by atoms with E-state index in [1.807, 2.05) is 54.6 Å². The second kappa shape index (κ2) is 8.36. The van der Waals surface area contributed by atoms with Crippen molar-refractivity contribution in [2.75, 3.05) is 5.75 Å². The summed E-state index contributed by atoms with van der Waals surface area (Å²) < 4.78 is 0. The van der Waals surface area contributed by atoms with E-state index in [9.17, 15) is 9.59 Å². The number of nitrogens with one attached hydrogen (secondary N) is 2. The van der Waals surface area contributed by atoms with Crippen LogP contribution in [0, 0.1) is 0 Å². The summed E-state index contributed by atoms with van der Waals surface area (Å²) in [6, 6.07) is 16.7. The van der Waals surface area contributed by atoms with Gasteiger partial charge in [-0.15, -0.1) is 0 Å². The Kier molecular flexibility index (Phi) is 6.19. The maximum absolute atomic E-state index is 12.0. The SMILES string of the molecule is O=C(Cc1ccc(-c2ccccc2)cc1)N[C@@H](CS)C(=O)NO. The van der Waals surface area contributed by atoms with Crippen molar-refractivity contribution in [3.63, 3.8) is 0 Å². The molecule has 3 N–H and O–H groups in total. The molecule has 2 aromatic rings. The lowest BCUT2D eigenvalue weighted by molar-refractivity contribution is -0.133. The van der Waals surface area contributed by atoms with Crippen molar-refractivity contribution in [2.24, 2.45) is 0 Å². The van der Waals surface area contributed by atoms with Gasteiger partial charge in [-0.1, -0.05) is 54.6 Å². The molecular weight excluding hydrogens is 312 g/mol. The van der Waals surface area contributed by atoms with E-state index in [-0.39, 0.29) is 18.1 Å². The van der Waals surface area contributed by atoms with Crippen LogP contribution in [0.25, 0.3) is 11.1 Å². The molecule has 23 heavy (non-hydrogen) atoms. The van der Waals surface area contributed by atoms with Crippen LogP contribution in [0.5, 0.6) is 0 Å². The molecule has 1 atom stereocenters. The molecule has 6 heteroatoms. The molecule has 2 amide bonds. The van der Waals surface area contributed by atoms with Gasteiger partial charge in [0.15, 0.2) is 0 Å². The van der Waals surface area contributed by atoms with Crippen molar-refractivity contribution in [1.82, 2.24) is 10.8 Å². The molecule has 0 radical (unpaired) electrons. The highest BCUT2D eigenvalue weighted by Crippen LogP contribution is 2.19. The van der Waals surface area contributed by atoms with Crippen LogP contribution in [0.2, 0.25) is 0 Å². The minimum atomic E-state index is -0.862. The molecule has 0 aliphatic heterocycles. The highest BCUT2D eigenvalue weighted by atomic mass is 32.1. The lowest BCUT2D eigenvalue weighted by Gasteiger charge is -2.14. The van der Waals surface area contributed by atoms with Gasteiger partial charge in [-0.05, 0) is 16.7 Å². The monoisotopic (exact) mass is 330 g/mol. The Bertz CT molecular complexity index is 659. The van der Waals surface area contributed by atoms with Gasteiger partial charge >= 0.3 is 0 Å².